The van der Waals surface area contributed by atoms with Crippen molar-refractivity contribution in [3.05, 3.63) is 186 Å². The zero-order chi connectivity index (χ0) is 29.8. The van der Waals surface area contributed by atoms with E-state index in [1.807, 2.05) is 18.3 Å². The van der Waals surface area contributed by atoms with E-state index in [1.54, 1.807) is 6.20 Å². The van der Waals surface area contributed by atoms with Crippen LogP contribution in [0.5, 0.6) is 23.0 Å². The lowest BCUT2D eigenvalue weighted by Gasteiger charge is -2.34. The molecule has 0 unspecified atom stereocenters. The first kappa shape index (κ1) is 25.6. The average Bonchev–Trinajstić information content (AvgIpc) is 3.40. The van der Waals surface area contributed by atoms with Gasteiger partial charge in [-0.1, -0.05) is 115 Å². The minimum atomic E-state index is -0.490. The van der Waals surface area contributed by atoms with Gasteiger partial charge in [0.15, 0.2) is 23.0 Å². The van der Waals surface area contributed by atoms with Crippen LogP contribution in [0.4, 0.5) is 0 Å². The van der Waals surface area contributed by atoms with Crippen molar-refractivity contribution in [3.8, 4) is 56.4 Å². The zero-order valence-corrected chi connectivity index (χ0v) is 24.4. The minimum Gasteiger partial charge on any atom is -0.450 e. The maximum Gasteiger partial charge on any atom is 0.170 e. The second-order valence-corrected chi connectivity index (χ2v) is 11.6. The predicted octanol–water partition coefficient (Wildman–Crippen LogP) is 10.7. The number of rotatable bonds is 4. The van der Waals surface area contributed by atoms with E-state index in [9.17, 15) is 0 Å². The molecule has 0 fully saturated rings. The van der Waals surface area contributed by atoms with E-state index in [0.717, 1.165) is 33.6 Å². The van der Waals surface area contributed by atoms with Gasteiger partial charge < -0.3 is 9.47 Å². The monoisotopic (exact) mass is 577 g/mol. The predicted molar refractivity (Wildman–Crippen MR) is 179 cm³/mol. The molecule has 1 aliphatic heterocycles. The highest BCUT2D eigenvalue weighted by molar-refractivity contribution is 5.88. The van der Waals surface area contributed by atoms with Crippen LogP contribution in [0.2, 0.25) is 0 Å². The highest BCUT2D eigenvalue weighted by atomic mass is 16.6. The van der Waals surface area contributed by atoms with Crippen molar-refractivity contribution in [2.45, 2.75) is 5.41 Å². The van der Waals surface area contributed by atoms with E-state index in [2.05, 4.69) is 145 Å². The maximum absolute atomic E-state index is 6.64. The number of aromatic nitrogens is 1. The molecule has 3 nitrogen and oxygen atoms in total. The van der Waals surface area contributed by atoms with Crippen LogP contribution in [0.3, 0.4) is 0 Å². The van der Waals surface area contributed by atoms with Gasteiger partial charge in [0, 0.05) is 18.0 Å². The van der Waals surface area contributed by atoms with Crippen LogP contribution >= 0.6 is 0 Å². The SMILES string of the molecule is c1ccc(C2(c3ccccc3)c3ccccc3-c3cc4c(cc32)Oc2ccc(-c3cccc(-c5cccnc5)c3)cc2O4)cc1. The van der Waals surface area contributed by atoms with E-state index in [-0.39, 0.29) is 0 Å². The fourth-order valence-corrected chi connectivity index (χ4v) is 7.11. The Morgan fingerprint density at radius 1 is 0.400 bits per heavy atom. The number of ether oxygens (including phenoxy) is 2. The van der Waals surface area contributed by atoms with Gasteiger partial charge in [0.2, 0.25) is 0 Å². The van der Waals surface area contributed by atoms with Crippen LogP contribution in [0.1, 0.15) is 22.3 Å². The zero-order valence-electron chi connectivity index (χ0n) is 24.4. The summed E-state index contributed by atoms with van der Waals surface area (Å²) in [7, 11) is 0. The third-order valence-electron chi connectivity index (χ3n) is 9.10. The molecule has 2 aliphatic rings. The van der Waals surface area contributed by atoms with Crippen molar-refractivity contribution in [2.75, 3.05) is 0 Å². The van der Waals surface area contributed by atoms with E-state index < -0.39 is 5.41 Å². The fraction of sp³-hybridized carbons (Fsp3) is 0.0238. The van der Waals surface area contributed by atoms with Gasteiger partial charge >= 0.3 is 0 Å². The summed E-state index contributed by atoms with van der Waals surface area (Å²) in [6, 6.07) is 53.4. The summed E-state index contributed by atoms with van der Waals surface area (Å²) in [6.07, 6.45) is 3.68. The smallest absolute Gasteiger partial charge is 0.170 e. The van der Waals surface area contributed by atoms with E-state index in [0.29, 0.717) is 17.2 Å². The summed E-state index contributed by atoms with van der Waals surface area (Å²) in [6.45, 7) is 0. The minimum absolute atomic E-state index is 0.490. The molecular formula is C42H27NO2. The summed E-state index contributed by atoms with van der Waals surface area (Å²) in [5.74, 6) is 2.84. The third-order valence-corrected chi connectivity index (χ3v) is 9.10. The van der Waals surface area contributed by atoms with Gasteiger partial charge in [-0.15, -0.1) is 0 Å². The molecule has 0 spiro atoms. The van der Waals surface area contributed by atoms with Crippen molar-refractivity contribution in [1.29, 1.82) is 0 Å². The summed E-state index contributed by atoms with van der Waals surface area (Å²) in [5, 5.41) is 0. The second-order valence-electron chi connectivity index (χ2n) is 11.6. The molecule has 3 heteroatoms. The Labute approximate surface area is 262 Å². The van der Waals surface area contributed by atoms with Crippen LogP contribution < -0.4 is 9.47 Å². The van der Waals surface area contributed by atoms with Crippen molar-refractivity contribution >= 4 is 0 Å². The molecule has 0 saturated heterocycles. The Morgan fingerprint density at radius 2 is 1.02 bits per heavy atom. The standard InChI is InChI=1S/C42H27NO2/c1-3-14-32(15-4-1)42(33-16-5-2-6-17-33)36-19-8-7-18-34(36)35-25-40-41(26-37(35)42)44-38-21-20-30(24-39(38)45-40)28-11-9-12-29(23-28)31-13-10-22-43-27-31/h1-27H. The van der Waals surface area contributed by atoms with Gasteiger partial charge in [-0.3, -0.25) is 4.98 Å². The highest BCUT2D eigenvalue weighted by Crippen LogP contribution is 2.59. The molecule has 0 N–H and O–H groups in total. The lowest BCUT2D eigenvalue weighted by Crippen LogP contribution is -2.28. The van der Waals surface area contributed by atoms with Gasteiger partial charge in [-0.25, -0.2) is 0 Å². The molecule has 6 aromatic carbocycles. The number of benzene rings is 6. The first-order chi connectivity index (χ1) is 22.3. The highest BCUT2D eigenvalue weighted by Gasteiger charge is 2.47. The molecule has 212 valence electrons. The number of hydrogen-bond donors (Lipinski definition) is 0. The maximum atomic E-state index is 6.64. The van der Waals surface area contributed by atoms with Gasteiger partial charge in [0.05, 0.1) is 5.41 Å². The number of fused-ring (bicyclic) bond motifs is 5. The van der Waals surface area contributed by atoms with Gasteiger partial charge in [0.25, 0.3) is 0 Å². The molecule has 2 heterocycles. The lowest BCUT2D eigenvalue weighted by molar-refractivity contribution is 0.359. The van der Waals surface area contributed by atoms with E-state index in [1.165, 1.54) is 27.8 Å². The number of pyridine rings is 1. The Morgan fingerprint density at radius 3 is 1.78 bits per heavy atom. The van der Waals surface area contributed by atoms with E-state index >= 15 is 0 Å². The summed E-state index contributed by atoms with van der Waals surface area (Å²) >= 11 is 0. The molecule has 45 heavy (non-hydrogen) atoms. The molecule has 0 bridgehead atoms. The molecule has 0 amide bonds. The summed E-state index contributed by atoms with van der Waals surface area (Å²) < 4.78 is 13.3. The van der Waals surface area contributed by atoms with Crippen molar-refractivity contribution in [3.63, 3.8) is 0 Å². The molecule has 1 aromatic heterocycles. The second kappa shape index (κ2) is 10.1. The summed E-state index contributed by atoms with van der Waals surface area (Å²) in [4.78, 5) is 4.29. The van der Waals surface area contributed by atoms with Gasteiger partial charge in [0.1, 0.15) is 0 Å². The van der Waals surface area contributed by atoms with Crippen LogP contribution in [-0.2, 0) is 5.41 Å². The summed E-state index contributed by atoms with van der Waals surface area (Å²) in [5.41, 5.74) is 11.1. The molecule has 9 rings (SSSR count). The first-order valence-electron chi connectivity index (χ1n) is 15.2. The fourth-order valence-electron chi connectivity index (χ4n) is 7.11. The van der Waals surface area contributed by atoms with Crippen molar-refractivity contribution in [2.24, 2.45) is 0 Å². The largest absolute Gasteiger partial charge is 0.450 e. The number of hydrogen-bond acceptors (Lipinski definition) is 3. The van der Waals surface area contributed by atoms with Crippen molar-refractivity contribution in [1.82, 2.24) is 4.98 Å². The van der Waals surface area contributed by atoms with Crippen LogP contribution in [0, 0.1) is 0 Å². The molecule has 0 atom stereocenters. The average molecular weight is 578 g/mol. The van der Waals surface area contributed by atoms with Crippen LogP contribution in [0.15, 0.2) is 164 Å². The Hall–Kier alpha value is -5.93. The molecule has 0 radical (unpaired) electrons. The Kier molecular flexibility index (Phi) is 5.72. The Bertz CT molecular complexity index is 2170. The van der Waals surface area contributed by atoms with Crippen molar-refractivity contribution < 1.29 is 9.47 Å². The Balaban J connectivity index is 1.17. The molecule has 0 saturated carbocycles. The van der Waals surface area contributed by atoms with Crippen LogP contribution in [0.25, 0.3) is 33.4 Å². The van der Waals surface area contributed by atoms with E-state index in [4.69, 9.17) is 9.47 Å². The normalized spacial score (nSPS) is 13.4. The quantitative estimate of drug-likeness (QED) is 0.208. The molecule has 1 aliphatic carbocycles. The van der Waals surface area contributed by atoms with Gasteiger partial charge in [-0.05, 0) is 86.5 Å². The molecule has 7 aromatic rings. The topological polar surface area (TPSA) is 31.4 Å². The first-order valence-corrected chi connectivity index (χ1v) is 15.2. The van der Waals surface area contributed by atoms with Crippen LogP contribution in [-0.4, -0.2) is 4.98 Å². The van der Waals surface area contributed by atoms with Gasteiger partial charge in [-0.2, -0.15) is 0 Å². The number of nitrogens with zero attached hydrogens (tertiary/aromatic N) is 1. The lowest BCUT2D eigenvalue weighted by atomic mass is 9.67. The third kappa shape index (κ3) is 3.94. The molecular weight excluding hydrogens is 550 g/mol.